The lowest BCUT2D eigenvalue weighted by molar-refractivity contribution is -0.139. The van der Waals surface area contributed by atoms with Crippen molar-refractivity contribution in [3.8, 4) is 5.75 Å². The number of aliphatic carboxylic acids is 1. The predicted octanol–water partition coefficient (Wildman–Crippen LogP) is 6.05. The van der Waals surface area contributed by atoms with E-state index >= 15 is 0 Å². The highest BCUT2D eigenvalue weighted by molar-refractivity contribution is 7.99. The van der Waals surface area contributed by atoms with Gasteiger partial charge in [0.2, 0.25) is 0 Å². The molecule has 37 heavy (non-hydrogen) atoms. The number of aliphatic hydroxyl groups is 1. The van der Waals surface area contributed by atoms with Crippen molar-refractivity contribution in [2.24, 2.45) is 11.8 Å². The summed E-state index contributed by atoms with van der Waals surface area (Å²) in [5.41, 5.74) is 1.36. The fraction of sp³-hybridized carbons (Fsp3) is 0.429. The molecule has 2 aromatic carbocycles. The molecule has 6 nitrogen and oxygen atoms in total. The van der Waals surface area contributed by atoms with Crippen LogP contribution in [0.3, 0.4) is 0 Å². The monoisotopic (exact) mass is 546 g/mol. The van der Waals surface area contributed by atoms with Gasteiger partial charge in [-0.15, -0.1) is 11.8 Å². The van der Waals surface area contributed by atoms with Gasteiger partial charge in [-0.1, -0.05) is 17.7 Å². The number of hydrogen-bond donors (Lipinski definition) is 2. The van der Waals surface area contributed by atoms with E-state index in [9.17, 15) is 19.4 Å². The van der Waals surface area contributed by atoms with Crippen LogP contribution in [0.4, 0.5) is 4.39 Å². The second kappa shape index (κ2) is 12.9. The molecular formula is C28H32ClFN2O4S. The molecule has 1 aromatic heterocycles. The molecule has 1 aliphatic heterocycles. The number of carbonyl (C=O) groups is 1. The van der Waals surface area contributed by atoms with Crippen LogP contribution in [0.1, 0.15) is 37.4 Å². The van der Waals surface area contributed by atoms with Crippen LogP contribution in [0, 0.1) is 17.7 Å². The van der Waals surface area contributed by atoms with Gasteiger partial charge in [-0.2, -0.15) is 0 Å². The molecule has 2 N–H and O–H groups in total. The molecule has 0 unspecified atom stereocenters. The fourth-order valence-corrected chi connectivity index (χ4v) is 6.43. The molecule has 0 saturated carbocycles. The third kappa shape index (κ3) is 7.35. The van der Waals surface area contributed by atoms with Crippen LogP contribution in [-0.2, 0) is 4.79 Å². The molecule has 9 heteroatoms. The van der Waals surface area contributed by atoms with Crippen LogP contribution < -0.4 is 4.74 Å². The summed E-state index contributed by atoms with van der Waals surface area (Å²) in [4.78, 5) is 19.2. The molecule has 198 valence electrons. The van der Waals surface area contributed by atoms with E-state index < -0.39 is 12.1 Å². The molecule has 0 spiro atoms. The van der Waals surface area contributed by atoms with Gasteiger partial charge in [-0.3, -0.25) is 9.78 Å². The first-order chi connectivity index (χ1) is 17.8. The van der Waals surface area contributed by atoms with Gasteiger partial charge in [0.15, 0.2) is 0 Å². The normalized spacial score (nSPS) is 19.1. The van der Waals surface area contributed by atoms with Crippen molar-refractivity contribution in [3.63, 3.8) is 0 Å². The lowest BCUT2D eigenvalue weighted by Crippen LogP contribution is -2.42. The molecular weight excluding hydrogens is 515 g/mol. The fourth-order valence-electron chi connectivity index (χ4n) is 5.19. The standard InChI is InChI=1S/C28H32ClFN2O4S/c1-36-21-6-7-25-23(15-21)28(24(29)16-31-25)26(33)8-5-18-9-10-32(17-19(18)13-27(34)35)11-12-37-22-4-2-3-20(30)14-22/h2-4,6-7,14-16,18-19,26,33H,5,8-13,17H2,1H3,(H,34,35)/t18-,19-,26+/m1/s1. The summed E-state index contributed by atoms with van der Waals surface area (Å²) in [5, 5.41) is 21.8. The second-order valence-corrected chi connectivity index (χ2v) is 11.1. The van der Waals surface area contributed by atoms with Crippen molar-refractivity contribution in [1.29, 1.82) is 0 Å². The van der Waals surface area contributed by atoms with Gasteiger partial charge >= 0.3 is 5.97 Å². The molecule has 0 amide bonds. The largest absolute Gasteiger partial charge is 0.497 e. The van der Waals surface area contributed by atoms with Gasteiger partial charge in [-0.25, -0.2) is 4.39 Å². The van der Waals surface area contributed by atoms with Gasteiger partial charge in [-0.05, 0) is 74.0 Å². The number of carboxylic acid groups (broad SMARTS) is 1. The van der Waals surface area contributed by atoms with E-state index in [0.29, 0.717) is 35.7 Å². The van der Waals surface area contributed by atoms with Crippen LogP contribution >= 0.6 is 23.4 Å². The van der Waals surface area contributed by atoms with Crippen molar-refractivity contribution in [1.82, 2.24) is 9.88 Å². The highest BCUT2D eigenvalue weighted by atomic mass is 35.5. The number of fused-ring (bicyclic) bond motifs is 1. The van der Waals surface area contributed by atoms with Crippen molar-refractivity contribution < 1.29 is 24.1 Å². The summed E-state index contributed by atoms with van der Waals surface area (Å²) in [6.45, 7) is 2.39. The molecule has 1 aliphatic rings. The summed E-state index contributed by atoms with van der Waals surface area (Å²) in [7, 11) is 1.59. The van der Waals surface area contributed by atoms with Crippen LogP contribution in [0.25, 0.3) is 10.9 Å². The number of nitrogens with zero attached hydrogens (tertiary/aromatic N) is 2. The third-order valence-corrected chi connectivity index (χ3v) is 8.37. The maximum absolute atomic E-state index is 13.4. The topological polar surface area (TPSA) is 82.9 Å². The number of aliphatic hydroxyl groups excluding tert-OH is 1. The maximum atomic E-state index is 13.4. The average molecular weight is 547 g/mol. The maximum Gasteiger partial charge on any atom is 0.303 e. The van der Waals surface area contributed by atoms with E-state index in [1.807, 2.05) is 24.3 Å². The number of piperidine rings is 1. The van der Waals surface area contributed by atoms with Crippen LogP contribution in [0.5, 0.6) is 5.75 Å². The van der Waals surface area contributed by atoms with Gasteiger partial charge in [0.25, 0.3) is 0 Å². The zero-order chi connectivity index (χ0) is 26.4. The number of carboxylic acids is 1. The Morgan fingerprint density at radius 3 is 2.89 bits per heavy atom. The van der Waals surface area contributed by atoms with Crippen LogP contribution in [0.2, 0.25) is 5.02 Å². The number of thioether (sulfide) groups is 1. The minimum atomic E-state index is -0.804. The highest BCUT2D eigenvalue weighted by Crippen LogP contribution is 2.37. The van der Waals surface area contributed by atoms with Gasteiger partial charge in [0.05, 0.1) is 23.8 Å². The Hall–Kier alpha value is -2.39. The molecule has 3 aromatic rings. The SMILES string of the molecule is COc1ccc2ncc(Cl)c([C@@H](O)CC[C@@H]3CCN(CCSc4cccc(F)c4)C[C@H]3CC(=O)O)c2c1. The van der Waals surface area contributed by atoms with E-state index in [-0.39, 0.29) is 24.1 Å². The number of likely N-dealkylation sites (tertiary alicyclic amines) is 1. The molecule has 0 radical (unpaired) electrons. The Morgan fingerprint density at radius 1 is 1.30 bits per heavy atom. The first-order valence-corrected chi connectivity index (χ1v) is 13.8. The number of benzene rings is 2. The summed E-state index contributed by atoms with van der Waals surface area (Å²) >= 11 is 8.07. The average Bonchev–Trinajstić information content (AvgIpc) is 2.87. The summed E-state index contributed by atoms with van der Waals surface area (Å²) in [5.74, 6) is 0.622. The molecule has 3 atom stereocenters. The lowest BCUT2D eigenvalue weighted by atomic mass is 9.79. The number of rotatable bonds is 11. The number of pyridine rings is 1. The Morgan fingerprint density at radius 2 is 2.14 bits per heavy atom. The van der Waals surface area contributed by atoms with Gasteiger partial charge < -0.3 is 19.8 Å². The lowest BCUT2D eigenvalue weighted by Gasteiger charge is -2.38. The van der Waals surface area contributed by atoms with E-state index in [1.54, 1.807) is 31.1 Å². The Kier molecular flexibility index (Phi) is 9.65. The van der Waals surface area contributed by atoms with E-state index in [2.05, 4.69) is 9.88 Å². The molecule has 2 heterocycles. The number of ether oxygens (including phenoxy) is 1. The molecule has 0 bridgehead atoms. The van der Waals surface area contributed by atoms with Crippen LogP contribution in [-0.4, -0.2) is 58.6 Å². The van der Waals surface area contributed by atoms with Gasteiger partial charge in [0.1, 0.15) is 11.6 Å². The van der Waals surface area contributed by atoms with Crippen molar-refractivity contribution in [3.05, 3.63) is 65.1 Å². The summed E-state index contributed by atoms with van der Waals surface area (Å²) in [6, 6.07) is 12.1. The van der Waals surface area contributed by atoms with Crippen molar-refractivity contribution in [2.45, 2.75) is 36.7 Å². The highest BCUT2D eigenvalue weighted by Gasteiger charge is 2.31. The van der Waals surface area contributed by atoms with Crippen LogP contribution in [0.15, 0.2) is 53.6 Å². The summed E-state index contributed by atoms with van der Waals surface area (Å²) in [6.07, 6.45) is 2.92. The first kappa shape index (κ1) is 27.6. The number of aromatic nitrogens is 1. The van der Waals surface area contributed by atoms with E-state index in [1.165, 1.54) is 12.1 Å². The van der Waals surface area contributed by atoms with Crippen molar-refractivity contribution >= 4 is 40.2 Å². The minimum Gasteiger partial charge on any atom is -0.497 e. The molecule has 4 rings (SSSR count). The Labute approximate surface area is 225 Å². The zero-order valence-electron chi connectivity index (χ0n) is 20.8. The third-order valence-electron chi connectivity index (χ3n) is 7.10. The second-order valence-electron chi connectivity index (χ2n) is 9.51. The zero-order valence-corrected chi connectivity index (χ0v) is 22.3. The predicted molar refractivity (Wildman–Crippen MR) is 145 cm³/mol. The van der Waals surface area contributed by atoms with Gasteiger partial charge in [0, 0.05) is 47.3 Å². The Bertz CT molecular complexity index is 1230. The number of methoxy groups -OCH3 is 1. The van der Waals surface area contributed by atoms with Crippen molar-refractivity contribution in [2.75, 3.05) is 32.5 Å². The smallest absolute Gasteiger partial charge is 0.303 e. The minimum absolute atomic E-state index is 0.00219. The molecule has 1 saturated heterocycles. The Balaban J connectivity index is 1.37. The van der Waals surface area contributed by atoms with E-state index in [4.69, 9.17) is 16.3 Å². The first-order valence-electron chi connectivity index (χ1n) is 12.5. The van der Waals surface area contributed by atoms with E-state index in [0.717, 1.165) is 41.1 Å². The molecule has 0 aliphatic carbocycles. The number of halogens is 2. The quantitative estimate of drug-likeness (QED) is 0.283. The summed E-state index contributed by atoms with van der Waals surface area (Å²) < 4.78 is 18.8. The number of hydrogen-bond acceptors (Lipinski definition) is 6. The molecule has 1 fully saturated rings.